The smallest absolute Gasteiger partial charge is 0.128 e. The lowest BCUT2D eigenvalue weighted by molar-refractivity contribution is 0.0458. The molecule has 2 rings (SSSR count). The highest BCUT2D eigenvalue weighted by atomic mass is 16.5. The van der Waals surface area contributed by atoms with Crippen molar-refractivity contribution in [3.8, 4) is 0 Å². The molecule has 0 aromatic carbocycles. The maximum Gasteiger partial charge on any atom is 0.128 e. The molecule has 1 aliphatic heterocycles. The third-order valence-electron chi connectivity index (χ3n) is 3.46. The molecule has 1 unspecified atom stereocenters. The molecular weight excluding hydrogens is 226 g/mol. The molecule has 1 saturated heterocycles. The highest BCUT2D eigenvalue weighted by Crippen LogP contribution is 2.20. The zero-order valence-corrected chi connectivity index (χ0v) is 11.3. The Kier molecular flexibility index (Phi) is 4.55. The van der Waals surface area contributed by atoms with Crippen LogP contribution in [0.5, 0.6) is 0 Å². The van der Waals surface area contributed by atoms with Crippen LogP contribution in [0.1, 0.15) is 38.3 Å². The van der Waals surface area contributed by atoms with Crippen LogP contribution in [0.2, 0.25) is 0 Å². The van der Waals surface area contributed by atoms with E-state index in [2.05, 4.69) is 28.9 Å². The van der Waals surface area contributed by atoms with Crippen LogP contribution in [0.4, 0.5) is 5.82 Å². The Morgan fingerprint density at radius 1 is 1.44 bits per heavy atom. The van der Waals surface area contributed by atoms with Crippen LogP contribution < -0.4 is 10.6 Å². The van der Waals surface area contributed by atoms with Gasteiger partial charge >= 0.3 is 0 Å². The second-order valence-electron chi connectivity index (χ2n) is 4.88. The number of ether oxygens (including phenoxy) is 1. The summed E-state index contributed by atoms with van der Waals surface area (Å²) < 4.78 is 5.65. The van der Waals surface area contributed by atoms with E-state index >= 15 is 0 Å². The fourth-order valence-electron chi connectivity index (χ4n) is 2.34. The second-order valence-corrected chi connectivity index (χ2v) is 4.88. The Hall–Kier alpha value is -1.13. The number of anilines is 1. The van der Waals surface area contributed by atoms with Gasteiger partial charge in [0.2, 0.25) is 0 Å². The molecule has 1 aliphatic rings. The minimum absolute atomic E-state index is 0.0511. The number of nitrogens with zero attached hydrogens (tertiary/aromatic N) is 2. The van der Waals surface area contributed by atoms with Crippen LogP contribution >= 0.6 is 0 Å². The van der Waals surface area contributed by atoms with E-state index in [0.717, 1.165) is 43.9 Å². The zero-order chi connectivity index (χ0) is 13.0. The van der Waals surface area contributed by atoms with Crippen LogP contribution in [0, 0.1) is 0 Å². The van der Waals surface area contributed by atoms with Crippen LogP contribution in [0.25, 0.3) is 0 Å². The first-order valence-electron chi connectivity index (χ1n) is 6.78. The first-order chi connectivity index (χ1) is 8.70. The predicted molar refractivity (Wildman–Crippen MR) is 73.7 cm³/mol. The van der Waals surface area contributed by atoms with Crippen molar-refractivity contribution in [1.29, 1.82) is 0 Å². The Balaban J connectivity index is 1.93. The highest BCUT2D eigenvalue weighted by molar-refractivity contribution is 5.40. The van der Waals surface area contributed by atoms with Crippen LogP contribution in [-0.4, -0.2) is 30.8 Å². The van der Waals surface area contributed by atoms with Gasteiger partial charge in [0, 0.05) is 31.9 Å². The molecule has 1 atom stereocenters. The molecule has 1 aromatic rings. The maximum absolute atomic E-state index is 5.82. The predicted octanol–water partition coefficient (Wildman–Crippen LogP) is 2.11. The van der Waals surface area contributed by atoms with Gasteiger partial charge in [0.05, 0.1) is 6.10 Å². The second kappa shape index (κ2) is 6.16. The first-order valence-corrected chi connectivity index (χ1v) is 6.78. The van der Waals surface area contributed by atoms with Crippen molar-refractivity contribution >= 4 is 5.82 Å². The lowest BCUT2D eigenvalue weighted by Gasteiger charge is -2.32. The molecule has 1 fully saturated rings. The lowest BCUT2D eigenvalue weighted by Crippen LogP contribution is -2.37. The molecule has 0 aliphatic carbocycles. The first kappa shape index (κ1) is 13.3. The van der Waals surface area contributed by atoms with Crippen molar-refractivity contribution in [3.05, 3.63) is 23.9 Å². The summed E-state index contributed by atoms with van der Waals surface area (Å²) in [5.74, 6) is 1.05. The van der Waals surface area contributed by atoms with E-state index in [1.54, 1.807) is 0 Å². The summed E-state index contributed by atoms with van der Waals surface area (Å²) in [5.41, 5.74) is 6.91. The van der Waals surface area contributed by atoms with Gasteiger partial charge in [-0.2, -0.15) is 0 Å². The molecule has 1 aromatic heterocycles. The van der Waals surface area contributed by atoms with E-state index in [0.29, 0.717) is 6.10 Å². The van der Waals surface area contributed by atoms with Crippen LogP contribution in [0.15, 0.2) is 18.3 Å². The third kappa shape index (κ3) is 3.21. The van der Waals surface area contributed by atoms with Crippen molar-refractivity contribution < 1.29 is 4.74 Å². The SMILES string of the molecule is CCOC1CCN(c2ccc(C(C)N)cn2)CC1. The van der Waals surface area contributed by atoms with E-state index in [1.165, 1.54) is 0 Å². The number of aromatic nitrogens is 1. The number of piperidine rings is 1. The fraction of sp³-hybridized carbons (Fsp3) is 0.643. The molecule has 18 heavy (non-hydrogen) atoms. The summed E-state index contributed by atoms with van der Waals surface area (Å²) in [4.78, 5) is 6.82. The van der Waals surface area contributed by atoms with Gasteiger partial charge in [0.1, 0.15) is 5.82 Å². The number of hydrogen-bond donors (Lipinski definition) is 1. The summed E-state index contributed by atoms with van der Waals surface area (Å²) in [6, 6.07) is 4.19. The Bertz CT molecular complexity index is 356. The molecule has 4 heteroatoms. The van der Waals surface area contributed by atoms with E-state index in [1.807, 2.05) is 13.1 Å². The summed E-state index contributed by atoms with van der Waals surface area (Å²) in [6.07, 6.45) is 4.48. The van der Waals surface area contributed by atoms with Gasteiger partial charge in [-0.05, 0) is 38.3 Å². The summed E-state index contributed by atoms with van der Waals surface area (Å²) >= 11 is 0. The topological polar surface area (TPSA) is 51.4 Å². The van der Waals surface area contributed by atoms with Gasteiger partial charge in [0.25, 0.3) is 0 Å². The van der Waals surface area contributed by atoms with Crippen LogP contribution in [0.3, 0.4) is 0 Å². The number of rotatable bonds is 4. The fourth-order valence-corrected chi connectivity index (χ4v) is 2.34. The van der Waals surface area contributed by atoms with Crippen molar-refractivity contribution in [2.24, 2.45) is 5.73 Å². The van der Waals surface area contributed by atoms with Crippen molar-refractivity contribution in [3.63, 3.8) is 0 Å². The summed E-state index contributed by atoms with van der Waals surface area (Å²) in [6.45, 7) is 6.89. The Labute approximate surface area is 109 Å². The quantitative estimate of drug-likeness (QED) is 0.888. The van der Waals surface area contributed by atoms with Gasteiger partial charge in [-0.15, -0.1) is 0 Å². The standard InChI is InChI=1S/C14H23N3O/c1-3-18-13-6-8-17(9-7-13)14-5-4-12(10-16-14)11(2)15/h4-5,10-11,13H,3,6-9,15H2,1-2H3. The number of nitrogens with two attached hydrogens (primary N) is 1. The zero-order valence-electron chi connectivity index (χ0n) is 11.3. The van der Waals surface area contributed by atoms with Gasteiger partial charge in [-0.1, -0.05) is 6.07 Å². The summed E-state index contributed by atoms with van der Waals surface area (Å²) in [7, 11) is 0. The average molecular weight is 249 g/mol. The van der Waals surface area contributed by atoms with Gasteiger partial charge in [-0.25, -0.2) is 4.98 Å². The minimum atomic E-state index is 0.0511. The lowest BCUT2D eigenvalue weighted by atomic mass is 10.1. The molecule has 0 amide bonds. The molecule has 100 valence electrons. The van der Waals surface area contributed by atoms with Gasteiger partial charge in [-0.3, -0.25) is 0 Å². The largest absolute Gasteiger partial charge is 0.378 e. The third-order valence-corrected chi connectivity index (χ3v) is 3.46. The number of hydrogen-bond acceptors (Lipinski definition) is 4. The van der Waals surface area contributed by atoms with Gasteiger partial charge < -0.3 is 15.4 Å². The monoisotopic (exact) mass is 249 g/mol. The molecule has 2 N–H and O–H groups in total. The normalized spacial score (nSPS) is 18.9. The maximum atomic E-state index is 5.82. The molecule has 2 heterocycles. The van der Waals surface area contributed by atoms with Crippen molar-refractivity contribution in [2.45, 2.75) is 38.8 Å². The summed E-state index contributed by atoms with van der Waals surface area (Å²) in [5, 5.41) is 0. The van der Waals surface area contributed by atoms with E-state index in [4.69, 9.17) is 10.5 Å². The number of pyridine rings is 1. The molecule has 0 spiro atoms. The molecule has 0 radical (unpaired) electrons. The highest BCUT2D eigenvalue weighted by Gasteiger charge is 2.20. The van der Waals surface area contributed by atoms with Crippen molar-refractivity contribution in [1.82, 2.24) is 4.98 Å². The van der Waals surface area contributed by atoms with E-state index in [9.17, 15) is 0 Å². The van der Waals surface area contributed by atoms with E-state index < -0.39 is 0 Å². The van der Waals surface area contributed by atoms with Crippen LogP contribution in [-0.2, 0) is 4.74 Å². The molecular formula is C14H23N3O. The molecule has 0 bridgehead atoms. The average Bonchev–Trinajstić information content (AvgIpc) is 2.40. The Morgan fingerprint density at radius 2 is 2.17 bits per heavy atom. The van der Waals surface area contributed by atoms with Crippen molar-refractivity contribution in [2.75, 3.05) is 24.6 Å². The Morgan fingerprint density at radius 3 is 2.67 bits per heavy atom. The van der Waals surface area contributed by atoms with Gasteiger partial charge in [0.15, 0.2) is 0 Å². The van der Waals surface area contributed by atoms with E-state index in [-0.39, 0.29) is 6.04 Å². The molecule has 4 nitrogen and oxygen atoms in total. The molecule has 0 saturated carbocycles. The minimum Gasteiger partial charge on any atom is -0.378 e.